The minimum Gasteiger partial charge on any atom is -0.466 e. The van der Waals surface area contributed by atoms with Crippen LogP contribution in [0.15, 0.2) is 24.3 Å². The summed E-state index contributed by atoms with van der Waals surface area (Å²) in [5.41, 5.74) is 0. The molecule has 0 aromatic heterocycles. The molecule has 0 aliphatic heterocycles. The molecule has 0 rings (SSSR count). The van der Waals surface area contributed by atoms with Crippen LogP contribution < -0.4 is 5.32 Å². The third-order valence-electron chi connectivity index (χ3n) is 18.5. The van der Waals surface area contributed by atoms with Gasteiger partial charge >= 0.3 is 5.97 Å². The number of rotatable bonds is 74. The fourth-order valence-corrected chi connectivity index (χ4v) is 12.5. The summed E-state index contributed by atoms with van der Waals surface area (Å²) in [6.07, 6.45) is 95.8. The van der Waals surface area contributed by atoms with Crippen LogP contribution in [0.1, 0.15) is 444 Å². The topological polar surface area (TPSA) is 95.9 Å². The Morgan fingerprint density at radius 3 is 0.835 bits per heavy atom. The largest absolute Gasteiger partial charge is 0.466 e. The molecule has 0 aromatic carbocycles. The number of aliphatic hydroxyl groups is 2. The van der Waals surface area contributed by atoms with Crippen molar-refractivity contribution in [3.63, 3.8) is 0 Å². The summed E-state index contributed by atoms with van der Waals surface area (Å²) in [4.78, 5) is 24.7. The zero-order valence-electron chi connectivity index (χ0n) is 57.9. The van der Waals surface area contributed by atoms with Crippen LogP contribution in [0.5, 0.6) is 0 Å². The maximum absolute atomic E-state index is 12.5. The fourth-order valence-electron chi connectivity index (χ4n) is 12.5. The third kappa shape index (κ3) is 71.3. The van der Waals surface area contributed by atoms with Crippen molar-refractivity contribution in [2.75, 3.05) is 13.2 Å². The van der Waals surface area contributed by atoms with Crippen LogP contribution in [0.3, 0.4) is 0 Å². The lowest BCUT2D eigenvalue weighted by Gasteiger charge is -2.20. The Kier molecular flexibility index (Phi) is 73.3. The summed E-state index contributed by atoms with van der Waals surface area (Å²) in [6, 6.07) is -0.625. The minimum absolute atomic E-state index is 0.0210. The first kappa shape index (κ1) is 83.3. The number of unbranched alkanes of at least 4 members (excludes halogenated alkanes) is 61. The lowest BCUT2D eigenvalue weighted by atomic mass is 10.0. The van der Waals surface area contributed by atoms with E-state index in [1.165, 1.54) is 379 Å². The van der Waals surface area contributed by atoms with Gasteiger partial charge in [-0.3, -0.25) is 9.59 Å². The molecule has 0 saturated carbocycles. The number of hydrogen-bond donors (Lipinski definition) is 3. The van der Waals surface area contributed by atoms with Gasteiger partial charge in [-0.05, 0) is 57.8 Å². The van der Waals surface area contributed by atoms with Gasteiger partial charge in [-0.15, -0.1) is 0 Å². The summed E-state index contributed by atoms with van der Waals surface area (Å²) >= 11 is 0. The van der Waals surface area contributed by atoms with Gasteiger partial charge in [0.25, 0.3) is 0 Å². The molecule has 0 bridgehead atoms. The first-order valence-corrected chi connectivity index (χ1v) is 39.1. The van der Waals surface area contributed by atoms with Crippen molar-refractivity contribution >= 4 is 11.9 Å². The van der Waals surface area contributed by atoms with Crippen molar-refractivity contribution in [1.82, 2.24) is 5.32 Å². The van der Waals surface area contributed by atoms with E-state index in [1.807, 2.05) is 6.08 Å². The number of nitrogens with one attached hydrogen (secondary N) is 1. The Labute approximate surface area is 532 Å². The second-order valence-electron chi connectivity index (χ2n) is 27.0. The molecule has 2 atom stereocenters. The first-order valence-electron chi connectivity index (χ1n) is 39.1. The highest BCUT2D eigenvalue weighted by Gasteiger charge is 2.18. The van der Waals surface area contributed by atoms with E-state index in [0.29, 0.717) is 19.4 Å². The van der Waals surface area contributed by atoms with E-state index >= 15 is 0 Å². The average Bonchev–Trinajstić information content (AvgIpc) is 3.51. The molecule has 0 saturated heterocycles. The normalized spacial score (nSPS) is 12.6. The van der Waals surface area contributed by atoms with E-state index in [0.717, 1.165) is 38.5 Å². The molecular formula is C79H153NO5. The maximum atomic E-state index is 12.5. The average molecular weight is 1200 g/mol. The quantitative estimate of drug-likeness (QED) is 0.0320. The highest BCUT2D eigenvalue weighted by molar-refractivity contribution is 5.76. The molecule has 6 nitrogen and oxygen atoms in total. The van der Waals surface area contributed by atoms with E-state index in [9.17, 15) is 19.8 Å². The molecule has 0 heterocycles. The molecule has 504 valence electrons. The van der Waals surface area contributed by atoms with Crippen molar-refractivity contribution in [3.05, 3.63) is 24.3 Å². The van der Waals surface area contributed by atoms with Gasteiger partial charge in [0.15, 0.2) is 0 Å². The number of allylic oxidation sites excluding steroid dienone is 3. The zero-order valence-corrected chi connectivity index (χ0v) is 57.9. The van der Waals surface area contributed by atoms with Crippen molar-refractivity contribution in [2.45, 2.75) is 456 Å². The molecule has 85 heavy (non-hydrogen) atoms. The molecule has 3 N–H and O–H groups in total. The van der Waals surface area contributed by atoms with Crippen molar-refractivity contribution in [1.29, 1.82) is 0 Å². The predicted molar refractivity (Wildman–Crippen MR) is 375 cm³/mol. The van der Waals surface area contributed by atoms with Crippen molar-refractivity contribution in [2.24, 2.45) is 0 Å². The Bertz CT molecular complexity index is 1330. The number of aliphatic hydroxyl groups excluding tert-OH is 2. The minimum atomic E-state index is -0.842. The smallest absolute Gasteiger partial charge is 0.305 e. The van der Waals surface area contributed by atoms with Gasteiger partial charge < -0.3 is 20.3 Å². The van der Waals surface area contributed by atoms with Crippen LogP contribution in [0, 0.1) is 0 Å². The van der Waals surface area contributed by atoms with Crippen molar-refractivity contribution < 1.29 is 24.5 Å². The standard InChI is InChI=1S/C79H153NO5/c1-3-5-7-9-11-13-15-17-19-21-36-41-45-49-53-57-61-65-69-73-79(84)85-74-70-66-62-58-54-50-46-42-38-35-33-31-29-27-25-23-24-26-28-30-32-34-37-40-44-48-52-56-60-64-68-72-78(83)80-76(75-81)77(82)71-67-63-59-55-51-47-43-39-22-20-18-16-14-12-10-8-6-4-2/h17,19,67,71,76-77,81-82H,3-16,18,20-66,68-70,72-75H2,1-2H3,(H,80,83)/b19-17-,71-67+. The maximum Gasteiger partial charge on any atom is 0.305 e. The molecule has 0 fully saturated rings. The lowest BCUT2D eigenvalue weighted by Crippen LogP contribution is -2.45. The molecule has 0 aliphatic rings. The van der Waals surface area contributed by atoms with Crippen LogP contribution >= 0.6 is 0 Å². The van der Waals surface area contributed by atoms with E-state index < -0.39 is 12.1 Å². The molecule has 0 aromatic rings. The molecule has 1 amide bonds. The highest BCUT2D eigenvalue weighted by Crippen LogP contribution is 2.20. The Morgan fingerprint density at radius 1 is 0.318 bits per heavy atom. The van der Waals surface area contributed by atoms with Crippen LogP contribution in [-0.2, 0) is 14.3 Å². The third-order valence-corrected chi connectivity index (χ3v) is 18.5. The number of hydrogen-bond acceptors (Lipinski definition) is 5. The van der Waals surface area contributed by atoms with Gasteiger partial charge in [-0.25, -0.2) is 0 Å². The van der Waals surface area contributed by atoms with Gasteiger partial charge in [0.1, 0.15) is 0 Å². The van der Waals surface area contributed by atoms with Gasteiger partial charge in [0.2, 0.25) is 5.91 Å². The van der Waals surface area contributed by atoms with Gasteiger partial charge in [-0.1, -0.05) is 398 Å². The summed E-state index contributed by atoms with van der Waals surface area (Å²) < 4.78 is 5.52. The summed E-state index contributed by atoms with van der Waals surface area (Å²) in [5, 5.41) is 23.2. The van der Waals surface area contributed by atoms with Crippen LogP contribution in [0.4, 0.5) is 0 Å². The Hall–Kier alpha value is -1.66. The summed E-state index contributed by atoms with van der Waals surface area (Å²) in [6.45, 7) is 4.95. The van der Waals surface area contributed by atoms with Gasteiger partial charge in [0, 0.05) is 12.8 Å². The first-order chi connectivity index (χ1) is 42.0. The van der Waals surface area contributed by atoms with Crippen LogP contribution in [0.2, 0.25) is 0 Å². The summed E-state index contributed by atoms with van der Waals surface area (Å²) in [5.74, 6) is -0.0387. The molecule has 0 spiro atoms. The lowest BCUT2D eigenvalue weighted by molar-refractivity contribution is -0.143. The van der Waals surface area contributed by atoms with Gasteiger partial charge in [0.05, 0.1) is 25.4 Å². The SMILES string of the molecule is CCCCCCCC/C=C\CCCCCCCCCCCC(=O)OCCCCCCCCCCCCCCCCCCCCCCCCCCCCCCCCCC(=O)NC(CO)C(O)/C=C/CCCCCCCCCCCCCCCCCC. The number of esters is 1. The monoisotopic (exact) mass is 1200 g/mol. The Morgan fingerprint density at radius 2 is 0.553 bits per heavy atom. The molecular weight excluding hydrogens is 1040 g/mol. The van der Waals surface area contributed by atoms with E-state index in [2.05, 4.69) is 31.3 Å². The fraction of sp³-hybridized carbons (Fsp3) is 0.924. The predicted octanol–water partition coefficient (Wildman–Crippen LogP) is 25.7. The highest BCUT2D eigenvalue weighted by atomic mass is 16.5. The number of amides is 1. The van der Waals surface area contributed by atoms with Crippen LogP contribution in [-0.4, -0.2) is 47.4 Å². The van der Waals surface area contributed by atoms with E-state index in [1.54, 1.807) is 6.08 Å². The van der Waals surface area contributed by atoms with Crippen LogP contribution in [0.25, 0.3) is 0 Å². The zero-order chi connectivity index (χ0) is 61.3. The van der Waals surface area contributed by atoms with Crippen molar-refractivity contribution in [3.8, 4) is 0 Å². The van der Waals surface area contributed by atoms with Gasteiger partial charge in [-0.2, -0.15) is 0 Å². The molecule has 0 aliphatic carbocycles. The molecule has 0 radical (unpaired) electrons. The van der Waals surface area contributed by atoms with E-state index in [-0.39, 0.29) is 18.5 Å². The second kappa shape index (κ2) is 74.8. The number of ether oxygens (including phenoxy) is 1. The van der Waals surface area contributed by atoms with E-state index in [4.69, 9.17) is 4.74 Å². The number of carbonyl (C=O) groups is 2. The summed E-state index contributed by atoms with van der Waals surface area (Å²) in [7, 11) is 0. The number of carbonyl (C=O) groups excluding carboxylic acids is 2. The molecule has 2 unspecified atom stereocenters. The second-order valence-corrected chi connectivity index (χ2v) is 27.0. The Balaban J connectivity index is 3.33. The molecule has 6 heteroatoms.